The smallest absolute Gasteiger partial charge is 0.00775 e. The molecule has 0 bridgehead atoms. The second-order valence-corrected chi connectivity index (χ2v) is 1.91. The molecule has 2 heteroatoms. The van der Waals surface area contributed by atoms with Crippen molar-refractivity contribution >= 4 is 0 Å². The van der Waals surface area contributed by atoms with Crippen molar-refractivity contribution in [3.8, 4) is 0 Å². The fourth-order valence-electron chi connectivity index (χ4n) is 0.500. The van der Waals surface area contributed by atoms with Gasteiger partial charge in [0.05, 0.1) is 0 Å². The lowest BCUT2D eigenvalue weighted by Crippen LogP contribution is -2.09. The first-order valence-electron chi connectivity index (χ1n) is 5.24. The summed E-state index contributed by atoms with van der Waals surface area (Å²) >= 11 is 0. The summed E-state index contributed by atoms with van der Waals surface area (Å²) in [6.45, 7) is 16.8. The van der Waals surface area contributed by atoms with Crippen LogP contribution in [0, 0.1) is 0 Å². The molecule has 0 aliphatic carbocycles. The summed E-state index contributed by atoms with van der Waals surface area (Å²) in [7, 11) is 0. The minimum atomic E-state index is 1.09. The molecule has 0 spiro atoms. The van der Waals surface area contributed by atoms with Crippen molar-refractivity contribution in [2.75, 3.05) is 26.2 Å². The summed E-state index contributed by atoms with van der Waals surface area (Å²) in [6.07, 6.45) is 0. The molecule has 78 valence electrons. The zero-order valence-electron chi connectivity index (χ0n) is 9.83. The Hall–Kier alpha value is -0.0800. The van der Waals surface area contributed by atoms with Crippen LogP contribution < -0.4 is 10.6 Å². The average Bonchev–Trinajstić information content (AvgIpc) is 2.12. The Morgan fingerprint density at radius 3 is 0.750 bits per heavy atom. The molecule has 2 nitrogen and oxygen atoms in total. The standard InChI is InChI=1S/2C4H11N.C2H6/c2*1-3-5-4-2;1-2/h2*5H,3-4H2,1-2H3;1-2H3. The molecule has 0 fully saturated rings. The molecule has 0 aromatic carbocycles. The van der Waals surface area contributed by atoms with Gasteiger partial charge in [0.2, 0.25) is 0 Å². The van der Waals surface area contributed by atoms with Crippen LogP contribution >= 0.6 is 0 Å². The lowest BCUT2D eigenvalue weighted by Gasteiger charge is -1.86. The van der Waals surface area contributed by atoms with E-state index in [1.54, 1.807) is 0 Å². The molecule has 0 aliphatic rings. The maximum Gasteiger partial charge on any atom is -0.00775 e. The van der Waals surface area contributed by atoms with E-state index in [0.717, 1.165) is 26.2 Å². The second-order valence-electron chi connectivity index (χ2n) is 1.91. The summed E-state index contributed by atoms with van der Waals surface area (Å²) in [6, 6.07) is 0. The van der Waals surface area contributed by atoms with E-state index in [2.05, 4.69) is 38.3 Å². The van der Waals surface area contributed by atoms with E-state index in [9.17, 15) is 0 Å². The van der Waals surface area contributed by atoms with Crippen LogP contribution in [0.25, 0.3) is 0 Å². The van der Waals surface area contributed by atoms with Crippen LogP contribution in [-0.4, -0.2) is 26.2 Å². The molecule has 0 aromatic heterocycles. The number of hydrogen-bond acceptors (Lipinski definition) is 2. The SMILES string of the molecule is CC.CCNCC.CCNCC. The fourth-order valence-corrected chi connectivity index (χ4v) is 0.500. The first-order chi connectivity index (χ1) is 5.83. The highest BCUT2D eigenvalue weighted by molar-refractivity contribution is 4.28. The minimum absolute atomic E-state index is 1.09. The Bertz CT molecular complexity index is 28.8. The van der Waals surface area contributed by atoms with E-state index in [-0.39, 0.29) is 0 Å². The third kappa shape index (κ3) is 51.4. The maximum atomic E-state index is 3.11. The molecule has 0 saturated heterocycles. The van der Waals surface area contributed by atoms with Crippen LogP contribution in [0.1, 0.15) is 41.5 Å². The molecular formula is C10H28N2. The van der Waals surface area contributed by atoms with Crippen molar-refractivity contribution in [3.05, 3.63) is 0 Å². The van der Waals surface area contributed by atoms with Gasteiger partial charge in [0.1, 0.15) is 0 Å². The normalized spacial score (nSPS) is 7.50. The van der Waals surface area contributed by atoms with E-state index < -0.39 is 0 Å². The van der Waals surface area contributed by atoms with Crippen LogP contribution in [0.4, 0.5) is 0 Å². The molecule has 0 amide bonds. The van der Waals surface area contributed by atoms with E-state index in [1.165, 1.54) is 0 Å². The van der Waals surface area contributed by atoms with Gasteiger partial charge in [0, 0.05) is 0 Å². The predicted molar refractivity (Wildman–Crippen MR) is 59.8 cm³/mol. The quantitative estimate of drug-likeness (QED) is 0.686. The van der Waals surface area contributed by atoms with Gasteiger partial charge in [0.15, 0.2) is 0 Å². The van der Waals surface area contributed by atoms with Crippen LogP contribution in [0.3, 0.4) is 0 Å². The van der Waals surface area contributed by atoms with Crippen molar-refractivity contribution in [2.24, 2.45) is 0 Å². The van der Waals surface area contributed by atoms with Gasteiger partial charge in [-0.05, 0) is 26.2 Å². The van der Waals surface area contributed by atoms with Crippen LogP contribution in [-0.2, 0) is 0 Å². The minimum Gasteiger partial charge on any atom is -0.317 e. The molecule has 12 heavy (non-hydrogen) atoms. The van der Waals surface area contributed by atoms with Crippen molar-refractivity contribution in [3.63, 3.8) is 0 Å². The summed E-state index contributed by atoms with van der Waals surface area (Å²) in [5.74, 6) is 0. The Labute approximate surface area is 79.1 Å². The van der Waals surface area contributed by atoms with Crippen molar-refractivity contribution in [2.45, 2.75) is 41.5 Å². The molecule has 0 saturated carbocycles. The zero-order valence-corrected chi connectivity index (χ0v) is 9.83. The molecule has 0 aliphatic heterocycles. The van der Waals surface area contributed by atoms with Crippen LogP contribution in [0.5, 0.6) is 0 Å². The van der Waals surface area contributed by atoms with Gasteiger partial charge in [0.25, 0.3) is 0 Å². The highest BCUT2D eigenvalue weighted by Gasteiger charge is 1.63. The molecule has 2 N–H and O–H groups in total. The second kappa shape index (κ2) is 30.7. The Morgan fingerprint density at radius 1 is 0.583 bits per heavy atom. The molecule has 0 heterocycles. The fraction of sp³-hybridized carbons (Fsp3) is 1.00. The Kier molecular flexibility index (Phi) is 45.6. The topological polar surface area (TPSA) is 24.1 Å². The van der Waals surface area contributed by atoms with E-state index >= 15 is 0 Å². The molecule has 0 aromatic rings. The van der Waals surface area contributed by atoms with Gasteiger partial charge in [-0.25, -0.2) is 0 Å². The van der Waals surface area contributed by atoms with Crippen molar-refractivity contribution in [1.29, 1.82) is 0 Å². The van der Waals surface area contributed by atoms with E-state index in [4.69, 9.17) is 0 Å². The van der Waals surface area contributed by atoms with Crippen LogP contribution in [0.15, 0.2) is 0 Å². The third-order valence-corrected chi connectivity index (χ3v) is 1.000. The van der Waals surface area contributed by atoms with Gasteiger partial charge < -0.3 is 10.6 Å². The largest absolute Gasteiger partial charge is 0.317 e. The Morgan fingerprint density at radius 2 is 0.750 bits per heavy atom. The highest BCUT2D eigenvalue weighted by Crippen LogP contribution is 1.48. The number of hydrogen-bond donors (Lipinski definition) is 2. The summed E-state index contributed by atoms with van der Waals surface area (Å²) < 4.78 is 0. The van der Waals surface area contributed by atoms with Gasteiger partial charge in [-0.2, -0.15) is 0 Å². The number of rotatable bonds is 4. The third-order valence-electron chi connectivity index (χ3n) is 1.000. The summed E-state index contributed by atoms with van der Waals surface area (Å²) in [5.41, 5.74) is 0. The van der Waals surface area contributed by atoms with Gasteiger partial charge in [-0.3, -0.25) is 0 Å². The molecule has 0 unspecified atom stereocenters. The average molecular weight is 176 g/mol. The lowest BCUT2D eigenvalue weighted by molar-refractivity contribution is 0.762. The van der Waals surface area contributed by atoms with E-state index in [0.29, 0.717) is 0 Å². The molecular weight excluding hydrogens is 148 g/mol. The molecule has 0 rings (SSSR count). The summed E-state index contributed by atoms with van der Waals surface area (Å²) in [4.78, 5) is 0. The molecule has 0 atom stereocenters. The first-order valence-corrected chi connectivity index (χ1v) is 5.24. The van der Waals surface area contributed by atoms with Crippen molar-refractivity contribution in [1.82, 2.24) is 10.6 Å². The van der Waals surface area contributed by atoms with Gasteiger partial charge in [-0.15, -0.1) is 0 Å². The van der Waals surface area contributed by atoms with E-state index in [1.807, 2.05) is 13.8 Å². The van der Waals surface area contributed by atoms with Gasteiger partial charge in [-0.1, -0.05) is 41.5 Å². The molecule has 0 radical (unpaired) electrons. The van der Waals surface area contributed by atoms with Crippen LogP contribution in [0.2, 0.25) is 0 Å². The predicted octanol–water partition coefficient (Wildman–Crippen LogP) is 2.26. The summed E-state index contributed by atoms with van der Waals surface area (Å²) in [5, 5.41) is 6.22. The monoisotopic (exact) mass is 176 g/mol. The van der Waals surface area contributed by atoms with Crippen molar-refractivity contribution < 1.29 is 0 Å². The number of nitrogens with one attached hydrogen (secondary N) is 2. The lowest BCUT2D eigenvalue weighted by atomic mass is 10.7. The Balaban J connectivity index is -0.000000112. The van der Waals surface area contributed by atoms with Gasteiger partial charge >= 0.3 is 0 Å². The first kappa shape index (κ1) is 17.9. The highest BCUT2D eigenvalue weighted by atomic mass is 14.8. The maximum absolute atomic E-state index is 3.11. The zero-order chi connectivity index (χ0) is 10.2.